The van der Waals surface area contributed by atoms with Gasteiger partial charge in [-0.15, -0.1) is 11.3 Å². The minimum atomic E-state index is -0.488. The van der Waals surface area contributed by atoms with Gasteiger partial charge in [0.05, 0.1) is 10.6 Å². The molecule has 2 heterocycles. The van der Waals surface area contributed by atoms with Crippen LogP contribution in [0, 0.1) is 11.3 Å². The van der Waals surface area contributed by atoms with E-state index in [2.05, 4.69) is 15.6 Å². The van der Waals surface area contributed by atoms with Gasteiger partial charge in [0.15, 0.2) is 0 Å². The van der Waals surface area contributed by atoms with Crippen molar-refractivity contribution in [3.63, 3.8) is 0 Å². The van der Waals surface area contributed by atoms with Gasteiger partial charge >= 0.3 is 0 Å². The average molecular weight is 427 g/mol. The summed E-state index contributed by atoms with van der Waals surface area (Å²) >= 11 is 1.32. The summed E-state index contributed by atoms with van der Waals surface area (Å²) in [5.74, 6) is -0.442. The number of nitrogens with one attached hydrogen (secondary N) is 2. The van der Waals surface area contributed by atoms with Gasteiger partial charge in [0.25, 0.3) is 11.8 Å². The minimum Gasteiger partial charge on any atom is -0.351 e. The zero-order valence-corrected chi connectivity index (χ0v) is 17.3. The van der Waals surface area contributed by atoms with Crippen LogP contribution >= 0.6 is 11.3 Å². The Hall–Kier alpha value is -4.02. The number of amides is 2. The molecule has 31 heavy (non-hydrogen) atoms. The normalized spacial score (nSPS) is 13.6. The molecule has 2 N–H and O–H groups in total. The first-order valence-electron chi connectivity index (χ1n) is 9.67. The number of thiophene rings is 1. The van der Waals surface area contributed by atoms with Crippen LogP contribution in [0.1, 0.15) is 26.4 Å². The monoisotopic (exact) mass is 426 g/mol. The lowest BCUT2D eigenvalue weighted by Crippen LogP contribution is -2.29. The quantitative estimate of drug-likeness (QED) is 0.483. The first kappa shape index (κ1) is 20.3. The number of nitriles is 1. The highest BCUT2D eigenvalue weighted by Gasteiger charge is 2.27. The van der Waals surface area contributed by atoms with E-state index in [-0.39, 0.29) is 17.2 Å². The summed E-state index contributed by atoms with van der Waals surface area (Å²) in [6.07, 6.45) is 0.655. The fourth-order valence-corrected chi connectivity index (χ4v) is 3.87. The maximum Gasteiger partial charge on any atom is 0.266 e. The molecule has 7 heteroatoms. The van der Waals surface area contributed by atoms with E-state index in [1.165, 1.54) is 11.3 Å². The molecule has 0 aliphatic carbocycles. The van der Waals surface area contributed by atoms with Gasteiger partial charge in [-0.25, -0.2) is 4.99 Å². The molecule has 2 amide bonds. The van der Waals surface area contributed by atoms with E-state index in [1.807, 2.05) is 47.8 Å². The Morgan fingerprint density at radius 1 is 0.968 bits per heavy atom. The molecule has 0 radical (unpaired) electrons. The Morgan fingerprint density at radius 3 is 2.42 bits per heavy atom. The van der Waals surface area contributed by atoms with E-state index >= 15 is 0 Å². The van der Waals surface area contributed by atoms with Gasteiger partial charge in [-0.3, -0.25) is 9.59 Å². The van der Waals surface area contributed by atoms with Gasteiger partial charge in [0.2, 0.25) is 0 Å². The molecule has 6 nitrogen and oxygen atoms in total. The Labute approximate surface area is 183 Å². The van der Waals surface area contributed by atoms with E-state index < -0.39 is 5.91 Å². The Morgan fingerprint density at radius 2 is 1.71 bits per heavy atom. The van der Waals surface area contributed by atoms with Crippen LogP contribution in [0.15, 0.2) is 82.7 Å². The molecule has 1 aromatic heterocycles. The van der Waals surface area contributed by atoms with Crippen molar-refractivity contribution in [2.24, 2.45) is 4.99 Å². The maximum absolute atomic E-state index is 12.7. The molecule has 1 aliphatic heterocycles. The molecule has 0 unspecified atom stereocenters. The van der Waals surface area contributed by atoms with Gasteiger partial charge in [-0.2, -0.15) is 5.26 Å². The highest BCUT2D eigenvalue weighted by molar-refractivity contribution is 7.12. The molecule has 3 aromatic rings. The van der Waals surface area contributed by atoms with E-state index in [9.17, 15) is 14.9 Å². The second-order valence-corrected chi connectivity index (χ2v) is 7.71. The van der Waals surface area contributed by atoms with Gasteiger partial charge in [-0.05, 0) is 23.4 Å². The molecule has 0 saturated heterocycles. The topological polar surface area (TPSA) is 94.3 Å². The summed E-state index contributed by atoms with van der Waals surface area (Å²) in [5, 5.41) is 17.1. The molecule has 0 saturated carbocycles. The molecular weight excluding hydrogens is 408 g/mol. The largest absolute Gasteiger partial charge is 0.351 e. The van der Waals surface area contributed by atoms with Crippen LogP contribution in [0.3, 0.4) is 0 Å². The second kappa shape index (κ2) is 9.20. The first-order valence-corrected chi connectivity index (χ1v) is 10.5. The third-order valence-corrected chi connectivity index (χ3v) is 5.62. The number of amidine groups is 1. The van der Waals surface area contributed by atoms with Crippen LogP contribution in [0.2, 0.25) is 0 Å². The van der Waals surface area contributed by atoms with E-state index in [0.29, 0.717) is 34.8 Å². The van der Waals surface area contributed by atoms with Crippen molar-refractivity contribution in [2.75, 3.05) is 6.54 Å². The van der Waals surface area contributed by atoms with Crippen LogP contribution in [-0.4, -0.2) is 24.2 Å². The molecule has 152 valence electrons. The number of carbonyl (C=O) groups excluding carboxylic acids is 2. The van der Waals surface area contributed by atoms with E-state index in [1.54, 1.807) is 30.3 Å². The highest BCUT2D eigenvalue weighted by Crippen LogP contribution is 2.30. The smallest absolute Gasteiger partial charge is 0.266 e. The molecule has 0 bridgehead atoms. The van der Waals surface area contributed by atoms with Crippen molar-refractivity contribution >= 4 is 34.7 Å². The van der Waals surface area contributed by atoms with Crippen LogP contribution in [0.5, 0.6) is 0 Å². The lowest BCUT2D eigenvalue weighted by atomic mass is 10.0. The van der Waals surface area contributed by atoms with E-state index in [4.69, 9.17) is 0 Å². The third-order valence-electron chi connectivity index (χ3n) is 4.76. The maximum atomic E-state index is 12.7. The number of aliphatic imine (C=N–C) groups is 1. The predicted octanol–water partition coefficient (Wildman–Crippen LogP) is 3.53. The summed E-state index contributed by atoms with van der Waals surface area (Å²) < 4.78 is 0. The van der Waals surface area contributed by atoms with Crippen LogP contribution in [0.4, 0.5) is 0 Å². The first-order chi connectivity index (χ1) is 15.2. The summed E-state index contributed by atoms with van der Waals surface area (Å²) in [6, 6.07) is 22.5. The predicted molar refractivity (Wildman–Crippen MR) is 120 cm³/mol. The number of hydrogen-bond acceptors (Lipinski definition) is 5. The second-order valence-electron chi connectivity index (χ2n) is 6.76. The SMILES string of the molecule is N#C/C(C(=O)NCCc1ccccc1)=C1/N=C(NC(=O)c2cccs2)c2ccccc21. The van der Waals surface area contributed by atoms with Crippen molar-refractivity contribution < 1.29 is 9.59 Å². The Kier molecular flexibility index (Phi) is 6.01. The molecule has 0 atom stereocenters. The van der Waals surface area contributed by atoms with Crippen LogP contribution in [-0.2, 0) is 11.2 Å². The van der Waals surface area contributed by atoms with Gasteiger partial charge in [0, 0.05) is 17.7 Å². The number of nitrogens with zero attached hydrogens (tertiary/aromatic N) is 2. The number of carbonyl (C=O) groups is 2. The van der Waals surface area contributed by atoms with E-state index in [0.717, 1.165) is 5.56 Å². The summed E-state index contributed by atoms with van der Waals surface area (Å²) in [6.45, 7) is 0.397. The zero-order chi connectivity index (χ0) is 21.6. The average Bonchev–Trinajstić information content (AvgIpc) is 3.45. The summed E-state index contributed by atoms with van der Waals surface area (Å²) in [4.78, 5) is 30.2. The Bertz CT molecular complexity index is 1220. The molecule has 2 aromatic carbocycles. The van der Waals surface area contributed by atoms with Gasteiger partial charge in [0.1, 0.15) is 17.5 Å². The summed E-state index contributed by atoms with van der Waals surface area (Å²) in [5.41, 5.74) is 2.58. The number of fused-ring (bicyclic) bond motifs is 1. The number of benzene rings is 2. The molecule has 0 fully saturated rings. The fourth-order valence-electron chi connectivity index (χ4n) is 3.26. The van der Waals surface area contributed by atoms with Crippen molar-refractivity contribution in [3.8, 4) is 6.07 Å². The summed E-state index contributed by atoms with van der Waals surface area (Å²) in [7, 11) is 0. The standard InChI is InChI=1S/C24H18N4O2S/c25-15-19(23(29)26-13-12-16-7-2-1-3-8-16)21-17-9-4-5-10-18(17)22(27-21)28-24(30)20-11-6-14-31-20/h1-11,14H,12-13H2,(H,26,29)(H,27,28,30)/b21-19-. The van der Waals surface area contributed by atoms with Crippen molar-refractivity contribution in [1.29, 1.82) is 5.26 Å². The molecule has 1 aliphatic rings. The lowest BCUT2D eigenvalue weighted by Gasteiger charge is -2.06. The van der Waals surface area contributed by atoms with Crippen molar-refractivity contribution in [2.45, 2.75) is 6.42 Å². The molecular formula is C24H18N4O2S. The fraction of sp³-hybridized carbons (Fsp3) is 0.0833. The minimum absolute atomic E-state index is 0.0825. The zero-order valence-electron chi connectivity index (χ0n) is 16.5. The molecule has 4 rings (SSSR count). The van der Waals surface area contributed by atoms with Crippen LogP contribution < -0.4 is 10.6 Å². The van der Waals surface area contributed by atoms with Crippen molar-refractivity contribution in [1.82, 2.24) is 10.6 Å². The molecule has 0 spiro atoms. The third kappa shape index (κ3) is 4.44. The number of rotatable bonds is 5. The number of hydrogen-bond donors (Lipinski definition) is 2. The highest BCUT2D eigenvalue weighted by atomic mass is 32.1. The van der Waals surface area contributed by atoms with Crippen molar-refractivity contribution in [3.05, 3.63) is 99.3 Å². The van der Waals surface area contributed by atoms with Crippen LogP contribution in [0.25, 0.3) is 5.70 Å². The van der Waals surface area contributed by atoms with Gasteiger partial charge < -0.3 is 10.6 Å². The lowest BCUT2D eigenvalue weighted by molar-refractivity contribution is -0.117. The van der Waals surface area contributed by atoms with Gasteiger partial charge in [-0.1, -0.05) is 60.7 Å². The Balaban J connectivity index is 1.57.